The number of nitrogens with one attached hydrogen (secondary N) is 1. The molecule has 0 fully saturated rings. The van der Waals surface area contributed by atoms with Gasteiger partial charge in [0.1, 0.15) is 12.7 Å². The largest absolute Gasteiger partial charge is 0.480 e. The molecule has 48 heavy (non-hydrogen) atoms. The lowest BCUT2D eigenvalue weighted by Crippen LogP contribution is -2.43. The highest BCUT2D eigenvalue weighted by Crippen LogP contribution is 2.43. The number of carbonyl (C=O) groups is 3. The van der Waals surface area contributed by atoms with E-state index in [-0.39, 0.29) is 12.8 Å². The summed E-state index contributed by atoms with van der Waals surface area (Å²) in [4.78, 5) is 44.8. The topological polar surface area (TPSA) is 169 Å². The quantitative estimate of drug-likeness (QED) is 0.0244. The molecule has 1 amide bonds. The molecule has 0 aromatic carbocycles. The van der Waals surface area contributed by atoms with Crippen LogP contribution in [0.5, 0.6) is 0 Å². The Morgan fingerprint density at radius 2 is 1.19 bits per heavy atom. The summed E-state index contributed by atoms with van der Waals surface area (Å²) in [5.41, 5.74) is 0. The maximum Gasteiger partial charge on any atom is 0.472 e. The van der Waals surface area contributed by atoms with Crippen LogP contribution >= 0.6 is 7.82 Å². The average molecular weight is 698 g/mol. The molecule has 0 aliphatic carbocycles. The molecule has 3 unspecified atom stereocenters. The lowest BCUT2D eigenvalue weighted by molar-refractivity contribution is -0.147. The van der Waals surface area contributed by atoms with Crippen LogP contribution in [-0.4, -0.2) is 64.9 Å². The Kier molecular flexibility index (Phi) is 29.6. The number of unbranched alkanes of at least 4 members (excludes halogenated alkanes) is 7. The van der Waals surface area contributed by atoms with E-state index in [1.165, 1.54) is 0 Å². The number of phosphoric acid groups is 1. The SMILES string of the molecule is CC/C=C\C/C=C\C/C=C\C/C=C\C/C=C\CCCCCCCCCC(=O)NC(COP(=O)(O)OCC(O)COC(=O)CCC)C(=O)O. The summed E-state index contributed by atoms with van der Waals surface area (Å²) in [5, 5.41) is 21.4. The number of allylic oxidation sites excluding steroid dienone is 10. The number of aliphatic carboxylic acids is 1. The van der Waals surface area contributed by atoms with Crippen molar-refractivity contribution in [2.45, 2.75) is 129 Å². The molecule has 0 spiro atoms. The Bertz CT molecular complexity index is 1050. The lowest BCUT2D eigenvalue weighted by atomic mass is 10.1. The summed E-state index contributed by atoms with van der Waals surface area (Å²) in [7, 11) is -4.73. The van der Waals surface area contributed by atoms with Crippen molar-refractivity contribution in [2.24, 2.45) is 0 Å². The van der Waals surface area contributed by atoms with Crippen LogP contribution in [0.15, 0.2) is 60.8 Å². The Hall–Kier alpha value is -2.82. The first-order chi connectivity index (χ1) is 23.1. The Labute approximate surface area is 287 Å². The first kappa shape index (κ1) is 45.2. The van der Waals surface area contributed by atoms with Crippen molar-refractivity contribution in [3.63, 3.8) is 0 Å². The molecule has 12 heteroatoms. The standard InChI is InChI=1S/C36H60NO10P/c1-3-5-6-7-8-9-10-11-12-13-14-15-16-17-18-19-20-21-22-23-24-25-26-28-34(39)37-33(36(41)42)31-47-48(43,44)46-30-32(38)29-45-35(40)27-4-2/h5-6,8-9,11-12,14-15,17-18,32-33,38H,3-4,7,10,13,16,19-31H2,1-2H3,(H,37,39)(H,41,42)(H,43,44)/b6-5-,9-8-,12-11-,15-14-,18-17-. The second-order valence-corrected chi connectivity index (χ2v) is 12.8. The minimum atomic E-state index is -4.73. The van der Waals surface area contributed by atoms with Crippen LogP contribution in [0, 0.1) is 0 Å². The zero-order valence-corrected chi connectivity index (χ0v) is 29.9. The van der Waals surface area contributed by atoms with Crippen molar-refractivity contribution in [3.05, 3.63) is 60.8 Å². The smallest absolute Gasteiger partial charge is 0.472 e. The van der Waals surface area contributed by atoms with E-state index in [9.17, 15) is 34.1 Å². The van der Waals surface area contributed by atoms with E-state index in [0.29, 0.717) is 12.8 Å². The van der Waals surface area contributed by atoms with Gasteiger partial charge in [-0.1, -0.05) is 107 Å². The van der Waals surface area contributed by atoms with Crippen LogP contribution in [0.3, 0.4) is 0 Å². The maximum absolute atomic E-state index is 12.2. The number of ether oxygens (including phenoxy) is 1. The van der Waals surface area contributed by atoms with Crippen LogP contribution in [0.1, 0.15) is 117 Å². The van der Waals surface area contributed by atoms with Gasteiger partial charge < -0.3 is 25.2 Å². The number of aliphatic hydroxyl groups excluding tert-OH is 1. The number of aliphatic hydroxyl groups is 1. The van der Waals surface area contributed by atoms with Gasteiger partial charge in [-0.15, -0.1) is 0 Å². The van der Waals surface area contributed by atoms with Crippen molar-refractivity contribution < 1.29 is 47.8 Å². The Morgan fingerprint density at radius 1 is 0.688 bits per heavy atom. The third-order valence-corrected chi connectivity index (χ3v) is 7.74. The van der Waals surface area contributed by atoms with Crippen molar-refractivity contribution in [1.82, 2.24) is 5.32 Å². The van der Waals surface area contributed by atoms with Gasteiger partial charge in [-0.3, -0.25) is 18.6 Å². The van der Waals surface area contributed by atoms with Gasteiger partial charge in [0.15, 0.2) is 6.04 Å². The molecule has 0 heterocycles. The molecule has 0 radical (unpaired) electrons. The van der Waals surface area contributed by atoms with E-state index >= 15 is 0 Å². The number of carbonyl (C=O) groups excluding carboxylic acids is 2. The first-order valence-corrected chi connectivity index (χ1v) is 18.8. The molecule has 0 bridgehead atoms. The van der Waals surface area contributed by atoms with Gasteiger partial charge in [-0.05, 0) is 57.8 Å². The third-order valence-electron chi connectivity index (χ3n) is 6.79. The van der Waals surface area contributed by atoms with Crippen LogP contribution in [-0.2, 0) is 32.7 Å². The van der Waals surface area contributed by atoms with Gasteiger partial charge in [0.05, 0.1) is 13.2 Å². The van der Waals surface area contributed by atoms with E-state index in [1.807, 2.05) is 0 Å². The van der Waals surface area contributed by atoms with Crippen molar-refractivity contribution in [1.29, 1.82) is 0 Å². The Balaban J connectivity index is 3.90. The molecular weight excluding hydrogens is 637 g/mol. The fourth-order valence-electron chi connectivity index (χ4n) is 4.14. The zero-order chi connectivity index (χ0) is 35.7. The van der Waals surface area contributed by atoms with Crippen molar-refractivity contribution >= 4 is 25.7 Å². The summed E-state index contributed by atoms with van der Waals surface area (Å²) < 4.78 is 26.1. The second-order valence-electron chi connectivity index (χ2n) is 11.3. The number of hydrogen-bond acceptors (Lipinski definition) is 8. The molecule has 4 N–H and O–H groups in total. The molecule has 3 atom stereocenters. The van der Waals surface area contributed by atoms with Crippen LogP contribution in [0.25, 0.3) is 0 Å². The van der Waals surface area contributed by atoms with E-state index in [4.69, 9.17) is 4.74 Å². The summed E-state index contributed by atoms with van der Waals surface area (Å²) in [6, 6.07) is -1.55. The Morgan fingerprint density at radius 3 is 1.73 bits per heavy atom. The van der Waals surface area contributed by atoms with Gasteiger partial charge in [0.2, 0.25) is 5.91 Å². The minimum Gasteiger partial charge on any atom is -0.480 e. The number of carboxylic acids is 1. The van der Waals surface area contributed by atoms with Crippen molar-refractivity contribution in [2.75, 3.05) is 19.8 Å². The monoisotopic (exact) mass is 697 g/mol. The van der Waals surface area contributed by atoms with Gasteiger partial charge in [0, 0.05) is 12.8 Å². The average Bonchev–Trinajstić information content (AvgIpc) is 3.05. The van der Waals surface area contributed by atoms with Crippen LogP contribution < -0.4 is 5.32 Å². The summed E-state index contributed by atoms with van der Waals surface area (Å²) in [5.74, 6) is -2.46. The van der Waals surface area contributed by atoms with Gasteiger partial charge >= 0.3 is 19.8 Å². The number of phosphoric ester groups is 1. The van der Waals surface area contributed by atoms with Crippen molar-refractivity contribution in [3.8, 4) is 0 Å². The normalized spacial score (nSPS) is 14.8. The number of carboxylic acid groups (broad SMARTS) is 1. The van der Waals surface area contributed by atoms with E-state index < -0.39 is 57.6 Å². The number of esters is 1. The van der Waals surface area contributed by atoms with E-state index in [0.717, 1.165) is 77.0 Å². The molecule has 0 aliphatic rings. The van der Waals surface area contributed by atoms with Gasteiger partial charge in [0.25, 0.3) is 0 Å². The molecule has 0 saturated carbocycles. The molecule has 11 nitrogen and oxygen atoms in total. The van der Waals surface area contributed by atoms with E-state index in [2.05, 4.69) is 82.0 Å². The predicted octanol–water partition coefficient (Wildman–Crippen LogP) is 7.66. The molecule has 0 aromatic rings. The summed E-state index contributed by atoms with van der Waals surface area (Å²) >= 11 is 0. The first-order valence-electron chi connectivity index (χ1n) is 17.3. The number of amides is 1. The predicted molar refractivity (Wildman–Crippen MR) is 189 cm³/mol. The van der Waals surface area contributed by atoms with Crippen LogP contribution in [0.4, 0.5) is 0 Å². The lowest BCUT2D eigenvalue weighted by Gasteiger charge is -2.18. The molecule has 274 valence electrons. The molecular formula is C36H60NO10P. The fraction of sp³-hybridized carbons (Fsp3) is 0.639. The highest BCUT2D eigenvalue weighted by molar-refractivity contribution is 7.47. The fourth-order valence-corrected chi connectivity index (χ4v) is 4.91. The summed E-state index contributed by atoms with van der Waals surface area (Å²) in [6.45, 7) is 2.00. The molecule has 0 aromatic heterocycles. The maximum atomic E-state index is 12.2. The highest BCUT2D eigenvalue weighted by Gasteiger charge is 2.28. The van der Waals surface area contributed by atoms with Gasteiger partial charge in [-0.25, -0.2) is 9.36 Å². The number of hydrogen-bond donors (Lipinski definition) is 4. The molecule has 0 rings (SSSR count). The highest BCUT2D eigenvalue weighted by atomic mass is 31.2. The summed E-state index contributed by atoms with van der Waals surface area (Å²) in [6.07, 6.45) is 34.4. The van der Waals surface area contributed by atoms with Gasteiger partial charge in [-0.2, -0.15) is 0 Å². The number of rotatable bonds is 31. The second kappa shape index (κ2) is 31.4. The van der Waals surface area contributed by atoms with Crippen LogP contribution in [0.2, 0.25) is 0 Å². The third kappa shape index (κ3) is 30.5. The molecule has 0 aliphatic heterocycles. The molecule has 0 saturated heterocycles. The minimum absolute atomic E-state index is 0.129. The van der Waals surface area contributed by atoms with E-state index in [1.54, 1.807) is 6.92 Å². The zero-order valence-electron chi connectivity index (χ0n) is 29.0.